The molecule has 0 saturated heterocycles. The van der Waals surface area contributed by atoms with Crippen molar-refractivity contribution in [3.63, 3.8) is 0 Å². The zero-order valence-corrected chi connectivity index (χ0v) is 8.47. The molecular formula is C9H11F3N2O2. The van der Waals surface area contributed by atoms with Gasteiger partial charge in [-0.15, -0.1) is 0 Å². The van der Waals surface area contributed by atoms with Crippen molar-refractivity contribution in [1.82, 2.24) is 4.98 Å². The third kappa shape index (κ3) is 3.07. The molecule has 16 heavy (non-hydrogen) atoms. The number of hydrogen-bond acceptors (Lipinski definition) is 4. The number of nitrogens with zero attached hydrogens (tertiary/aromatic N) is 1. The summed E-state index contributed by atoms with van der Waals surface area (Å²) >= 11 is 0. The summed E-state index contributed by atoms with van der Waals surface area (Å²) in [6.45, 7) is 0.474. The first-order valence-corrected chi connectivity index (χ1v) is 4.44. The van der Waals surface area contributed by atoms with Gasteiger partial charge in [-0.2, -0.15) is 9.37 Å². The summed E-state index contributed by atoms with van der Waals surface area (Å²) in [5, 5.41) is 20.3. The highest BCUT2D eigenvalue weighted by Crippen LogP contribution is 2.15. The summed E-state index contributed by atoms with van der Waals surface area (Å²) < 4.78 is 38.2. The monoisotopic (exact) mass is 236 g/mol. The molecule has 0 aliphatic heterocycles. The van der Waals surface area contributed by atoms with Crippen LogP contribution in [0.3, 0.4) is 0 Å². The van der Waals surface area contributed by atoms with Crippen LogP contribution in [0.5, 0.6) is 0 Å². The number of aliphatic hydroxyl groups excluding tert-OH is 1. The van der Waals surface area contributed by atoms with E-state index in [1.54, 1.807) is 0 Å². The minimum atomic E-state index is -1.50. The van der Waals surface area contributed by atoms with Crippen LogP contribution in [-0.2, 0) is 0 Å². The topological polar surface area (TPSA) is 65.4 Å². The Balaban J connectivity index is 2.79. The Morgan fingerprint density at radius 2 is 2.00 bits per heavy atom. The van der Waals surface area contributed by atoms with E-state index in [1.807, 2.05) is 0 Å². The number of nitrogens with one attached hydrogen (secondary N) is 1. The number of rotatable bonds is 4. The summed E-state index contributed by atoms with van der Waals surface area (Å²) in [6, 6.07) is 0.346. The number of aliphatic hydroxyl groups is 2. The van der Waals surface area contributed by atoms with Gasteiger partial charge in [-0.25, -0.2) is 8.78 Å². The van der Waals surface area contributed by atoms with Crippen LogP contribution in [0.1, 0.15) is 6.92 Å². The van der Waals surface area contributed by atoms with E-state index >= 15 is 0 Å². The van der Waals surface area contributed by atoms with Crippen LogP contribution in [0.25, 0.3) is 0 Å². The molecule has 0 bridgehead atoms. The Morgan fingerprint density at radius 1 is 1.38 bits per heavy atom. The number of halogens is 3. The van der Waals surface area contributed by atoms with Crippen molar-refractivity contribution in [2.24, 2.45) is 0 Å². The molecule has 0 fully saturated rings. The third-order valence-corrected chi connectivity index (χ3v) is 1.86. The molecule has 1 aromatic heterocycles. The van der Waals surface area contributed by atoms with Gasteiger partial charge in [0.1, 0.15) is 5.60 Å². The van der Waals surface area contributed by atoms with E-state index in [2.05, 4.69) is 10.3 Å². The van der Waals surface area contributed by atoms with Gasteiger partial charge < -0.3 is 15.5 Å². The molecular weight excluding hydrogens is 225 g/mol. The molecule has 7 heteroatoms. The molecule has 0 spiro atoms. The van der Waals surface area contributed by atoms with Crippen LogP contribution >= 0.6 is 0 Å². The second kappa shape index (κ2) is 4.67. The first-order chi connectivity index (χ1) is 7.35. The standard InChI is InChI=1S/C9H11F3N2O2/c1-9(16,4-15)3-13-8-6(11)2-5(10)7(12)14-8/h2,15-16H,3-4H2,1H3,(H,13,14). The fourth-order valence-electron chi connectivity index (χ4n) is 0.898. The lowest BCUT2D eigenvalue weighted by atomic mass is 10.1. The van der Waals surface area contributed by atoms with E-state index < -0.39 is 35.6 Å². The predicted molar refractivity (Wildman–Crippen MR) is 50.3 cm³/mol. The van der Waals surface area contributed by atoms with Crippen molar-refractivity contribution < 1.29 is 23.4 Å². The normalized spacial score (nSPS) is 14.6. The summed E-state index contributed by atoms with van der Waals surface area (Å²) in [5.74, 6) is -4.43. The molecule has 90 valence electrons. The Kier molecular flexibility index (Phi) is 3.71. The summed E-state index contributed by atoms with van der Waals surface area (Å²) in [7, 11) is 0. The number of pyridine rings is 1. The van der Waals surface area contributed by atoms with Gasteiger partial charge in [0.15, 0.2) is 17.5 Å². The minimum Gasteiger partial charge on any atom is -0.393 e. The van der Waals surface area contributed by atoms with Gasteiger partial charge in [-0.3, -0.25) is 0 Å². The number of aromatic nitrogens is 1. The van der Waals surface area contributed by atoms with Gasteiger partial charge in [0, 0.05) is 12.6 Å². The molecule has 1 aromatic rings. The Labute approximate surface area is 89.7 Å². The maximum Gasteiger partial charge on any atom is 0.251 e. The highest BCUT2D eigenvalue weighted by Gasteiger charge is 2.20. The average Bonchev–Trinajstić information content (AvgIpc) is 2.22. The molecule has 1 heterocycles. The zero-order chi connectivity index (χ0) is 12.3. The van der Waals surface area contributed by atoms with E-state index in [0.29, 0.717) is 6.07 Å². The molecule has 1 unspecified atom stereocenters. The van der Waals surface area contributed by atoms with Crippen molar-refractivity contribution in [1.29, 1.82) is 0 Å². The number of hydrogen-bond donors (Lipinski definition) is 3. The van der Waals surface area contributed by atoms with Crippen LogP contribution in [0.15, 0.2) is 6.07 Å². The molecule has 1 rings (SSSR count). The maximum absolute atomic E-state index is 13.0. The van der Waals surface area contributed by atoms with Gasteiger partial charge in [-0.1, -0.05) is 0 Å². The van der Waals surface area contributed by atoms with Crippen LogP contribution in [0.4, 0.5) is 19.0 Å². The third-order valence-electron chi connectivity index (χ3n) is 1.86. The molecule has 0 saturated carbocycles. The predicted octanol–water partition coefficient (Wildman–Crippen LogP) is 0.654. The highest BCUT2D eigenvalue weighted by atomic mass is 19.2. The molecule has 0 aliphatic carbocycles. The molecule has 4 nitrogen and oxygen atoms in total. The van der Waals surface area contributed by atoms with Crippen molar-refractivity contribution in [3.8, 4) is 0 Å². The van der Waals surface area contributed by atoms with Gasteiger partial charge in [0.2, 0.25) is 0 Å². The van der Waals surface area contributed by atoms with E-state index in [1.165, 1.54) is 6.92 Å². The lowest BCUT2D eigenvalue weighted by molar-refractivity contribution is 0.0131. The summed E-state index contributed by atoms with van der Waals surface area (Å²) in [5.41, 5.74) is -1.50. The molecule has 0 radical (unpaired) electrons. The second-order valence-electron chi connectivity index (χ2n) is 3.60. The van der Waals surface area contributed by atoms with Crippen LogP contribution in [0.2, 0.25) is 0 Å². The molecule has 3 N–H and O–H groups in total. The van der Waals surface area contributed by atoms with Gasteiger partial charge >= 0.3 is 0 Å². The summed E-state index contributed by atoms with van der Waals surface area (Å²) in [4.78, 5) is 2.99. The molecule has 0 aromatic carbocycles. The van der Waals surface area contributed by atoms with Crippen molar-refractivity contribution >= 4 is 5.82 Å². The van der Waals surface area contributed by atoms with Gasteiger partial charge in [0.05, 0.1) is 6.61 Å². The largest absolute Gasteiger partial charge is 0.393 e. The SMILES string of the molecule is CC(O)(CO)CNc1nc(F)c(F)cc1F. The Bertz CT molecular complexity index is 385. The van der Waals surface area contributed by atoms with Crippen molar-refractivity contribution in [3.05, 3.63) is 23.6 Å². The fourth-order valence-corrected chi connectivity index (χ4v) is 0.898. The van der Waals surface area contributed by atoms with Crippen molar-refractivity contribution in [2.45, 2.75) is 12.5 Å². The molecule has 0 aliphatic rings. The highest BCUT2D eigenvalue weighted by molar-refractivity contribution is 5.36. The summed E-state index contributed by atoms with van der Waals surface area (Å²) in [6.07, 6.45) is 0. The smallest absolute Gasteiger partial charge is 0.251 e. The van der Waals surface area contributed by atoms with Crippen LogP contribution < -0.4 is 5.32 Å². The Hall–Kier alpha value is -1.34. The van der Waals surface area contributed by atoms with Gasteiger partial charge in [0.25, 0.3) is 5.95 Å². The molecule has 1 atom stereocenters. The lowest BCUT2D eigenvalue weighted by Crippen LogP contribution is -2.37. The van der Waals surface area contributed by atoms with Crippen LogP contribution in [-0.4, -0.2) is 33.9 Å². The first kappa shape index (κ1) is 12.7. The van der Waals surface area contributed by atoms with E-state index in [9.17, 15) is 18.3 Å². The van der Waals surface area contributed by atoms with Crippen molar-refractivity contribution in [2.75, 3.05) is 18.5 Å². The quantitative estimate of drug-likeness (QED) is 0.672. The zero-order valence-electron chi connectivity index (χ0n) is 8.47. The number of anilines is 1. The first-order valence-electron chi connectivity index (χ1n) is 4.44. The average molecular weight is 236 g/mol. The van der Waals surface area contributed by atoms with E-state index in [4.69, 9.17) is 5.11 Å². The van der Waals surface area contributed by atoms with E-state index in [-0.39, 0.29) is 6.54 Å². The minimum absolute atomic E-state index is 0.251. The Morgan fingerprint density at radius 3 is 2.56 bits per heavy atom. The maximum atomic E-state index is 13.0. The van der Waals surface area contributed by atoms with Crippen LogP contribution in [0, 0.1) is 17.6 Å². The van der Waals surface area contributed by atoms with Gasteiger partial charge in [-0.05, 0) is 6.92 Å². The van der Waals surface area contributed by atoms with E-state index in [0.717, 1.165) is 0 Å². The second-order valence-corrected chi connectivity index (χ2v) is 3.60. The lowest BCUT2D eigenvalue weighted by Gasteiger charge is -2.21. The molecule has 0 amide bonds. The fraction of sp³-hybridized carbons (Fsp3) is 0.444.